The molecule has 2 aliphatic heterocycles. The maximum Gasteiger partial charge on any atom is 0.254 e. The number of hydrogen-bond acceptors (Lipinski definition) is 5. The van der Waals surface area contributed by atoms with E-state index in [1.54, 1.807) is 44.6 Å². The highest BCUT2D eigenvalue weighted by atomic mass is 35.5. The molecule has 194 valence electrons. The van der Waals surface area contributed by atoms with Gasteiger partial charge in [0.1, 0.15) is 5.75 Å². The smallest absolute Gasteiger partial charge is 0.254 e. The number of piperidine rings is 2. The van der Waals surface area contributed by atoms with Gasteiger partial charge in [-0.3, -0.25) is 9.59 Å². The predicted molar refractivity (Wildman–Crippen MR) is 139 cm³/mol. The second-order valence-corrected chi connectivity index (χ2v) is 10.2. The molecule has 1 unspecified atom stereocenters. The quantitative estimate of drug-likeness (QED) is 0.492. The average Bonchev–Trinajstić information content (AvgIpc) is 2.92. The predicted octanol–water partition coefficient (Wildman–Crippen LogP) is 5.06. The standard InChI is InChI=1S/C28H35ClN2O5/c1-34-24-12-7-21(17-25(24)35-2)27(33)31-16-6-13-28(19-31,18-26(32)30-14-4-3-5-15-30)20-36-23-10-8-22(29)9-11-23/h7-12,17H,3-6,13-16,18-20H2,1-2H3. The maximum absolute atomic E-state index is 13.5. The Labute approximate surface area is 218 Å². The zero-order chi connectivity index (χ0) is 25.5. The van der Waals surface area contributed by atoms with Crippen molar-refractivity contribution in [2.45, 2.75) is 38.5 Å². The van der Waals surface area contributed by atoms with Crippen molar-refractivity contribution in [3.05, 3.63) is 53.1 Å². The summed E-state index contributed by atoms with van der Waals surface area (Å²) >= 11 is 6.03. The van der Waals surface area contributed by atoms with E-state index in [9.17, 15) is 9.59 Å². The Balaban J connectivity index is 1.54. The lowest BCUT2D eigenvalue weighted by molar-refractivity contribution is -0.136. The largest absolute Gasteiger partial charge is 0.493 e. The van der Waals surface area contributed by atoms with E-state index in [2.05, 4.69) is 0 Å². The van der Waals surface area contributed by atoms with E-state index in [1.807, 2.05) is 21.9 Å². The number of hydrogen-bond donors (Lipinski definition) is 0. The van der Waals surface area contributed by atoms with Crippen LogP contribution in [0, 0.1) is 5.41 Å². The Bertz CT molecular complexity index is 1050. The van der Waals surface area contributed by atoms with Crippen LogP contribution in [-0.4, -0.2) is 68.6 Å². The van der Waals surface area contributed by atoms with Gasteiger partial charge < -0.3 is 24.0 Å². The van der Waals surface area contributed by atoms with Crippen LogP contribution in [0.4, 0.5) is 0 Å². The third-order valence-corrected chi connectivity index (χ3v) is 7.42. The molecule has 1 atom stereocenters. The number of methoxy groups -OCH3 is 2. The SMILES string of the molecule is COc1ccc(C(=O)N2CCCC(COc3ccc(Cl)cc3)(CC(=O)N3CCCCC3)C2)cc1OC. The molecule has 0 bridgehead atoms. The zero-order valence-electron chi connectivity index (χ0n) is 21.1. The van der Waals surface area contributed by atoms with Crippen molar-refractivity contribution in [2.75, 3.05) is 47.0 Å². The number of likely N-dealkylation sites (tertiary alicyclic amines) is 2. The van der Waals surface area contributed by atoms with E-state index in [1.165, 1.54) is 6.42 Å². The third kappa shape index (κ3) is 6.25. The minimum absolute atomic E-state index is 0.0862. The fraction of sp³-hybridized carbons (Fsp3) is 0.500. The molecule has 2 aliphatic rings. The summed E-state index contributed by atoms with van der Waals surface area (Å²) in [6.45, 7) is 3.05. The Morgan fingerprint density at radius 3 is 2.28 bits per heavy atom. The summed E-state index contributed by atoms with van der Waals surface area (Å²) in [6, 6.07) is 12.4. The first-order chi connectivity index (χ1) is 17.4. The van der Waals surface area contributed by atoms with Gasteiger partial charge in [-0.25, -0.2) is 0 Å². The molecule has 0 aliphatic carbocycles. The molecule has 36 heavy (non-hydrogen) atoms. The van der Waals surface area contributed by atoms with Crippen LogP contribution >= 0.6 is 11.6 Å². The molecule has 2 saturated heterocycles. The van der Waals surface area contributed by atoms with Crippen LogP contribution in [0.3, 0.4) is 0 Å². The Hall–Kier alpha value is -2.93. The maximum atomic E-state index is 13.5. The van der Waals surface area contributed by atoms with Crippen LogP contribution in [0.15, 0.2) is 42.5 Å². The molecular weight excluding hydrogens is 480 g/mol. The minimum atomic E-state index is -0.474. The van der Waals surface area contributed by atoms with Crippen molar-refractivity contribution in [1.82, 2.24) is 9.80 Å². The molecule has 8 heteroatoms. The van der Waals surface area contributed by atoms with E-state index >= 15 is 0 Å². The summed E-state index contributed by atoms with van der Waals surface area (Å²) in [5.74, 6) is 1.85. The van der Waals surface area contributed by atoms with E-state index < -0.39 is 5.41 Å². The van der Waals surface area contributed by atoms with Crippen molar-refractivity contribution < 1.29 is 23.8 Å². The van der Waals surface area contributed by atoms with E-state index in [0.29, 0.717) is 54.0 Å². The number of rotatable bonds is 8. The molecule has 0 N–H and O–H groups in total. The van der Waals surface area contributed by atoms with Crippen LogP contribution < -0.4 is 14.2 Å². The van der Waals surface area contributed by atoms with Crippen molar-refractivity contribution in [2.24, 2.45) is 5.41 Å². The van der Waals surface area contributed by atoms with Crippen LogP contribution in [0.1, 0.15) is 48.9 Å². The molecule has 0 saturated carbocycles. The van der Waals surface area contributed by atoms with Crippen molar-refractivity contribution >= 4 is 23.4 Å². The van der Waals surface area contributed by atoms with Crippen LogP contribution in [0.5, 0.6) is 17.2 Å². The molecule has 2 amide bonds. The molecule has 2 aromatic carbocycles. The van der Waals surface area contributed by atoms with E-state index in [-0.39, 0.29) is 11.8 Å². The molecule has 2 heterocycles. The van der Waals surface area contributed by atoms with Gasteiger partial charge in [-0.2, -0.15) is 0 Å². The van der Waals surface area contributed by atoms with Gasteiger partial charge in [-0.1, -0.05) is 11.6 Å². The van der Waals surface area contributed by atoms with Gasteiger partial charge >= 0.3 is 0 Å². The topological polar surface area (TPSA) is 68.3 Å². The van der Waals surface area contributed by atoms with Crippen LogP contribution in [0.25, 0.3) is 0 Å². The van der Waals surface area contributed by atoms with Gasteiger partial charge in [-0.15, -0.1) is 0 Å². The van der Waals surface area contributed by atoms with E-state index in [0.717, 1.165) is 38.8 Å². The Morgan fingerprint density at radius 1 is 0.889 bits per heavy atom. The van der Waals surface area contributed by atoms with Gasteiger partial charge in [-0.05, 0) is 74.6 Å². The molecule has 2 fully saturated rings. The highest BCUT2D eigenvalue weighted by Crippen LogP contribution is 2.37. The average molecular weight is 515 g/mol. The second-order valence-electron chi connectivity index (χ2n) is 9.76. The fourth-order valence-electron chi connectivity index (χ4n) is 5.19. The lowest BCUT2D eigenvalue weighted by atomic mass is 9.77. The number of benzene rings is 2. The monoisotopic (exact) mass is 514 g/mol. The number of carbonyl (C=O) groups excluding carboxylic acids is 2. The molecular formula is C28H35ClN2O5. The number of halogens is 1. The number of amides is 2. The summed E-state index contributed by atoms with van der Waals surface area (Å²) in [6.07, 6.45) is 5.23. The van der Waals surface area contributed by atoms with Gasteiger partial charge in [0.05, 0.1) is 20.8 Å². The molecule has 0 spiro atoms. The Kier molecular flexibility index (Phi) is 8.62. The van der Waals surface area contributed by atoms with Gasteiger partial charge in [0.2, 0.25) is 5.91 Å². The normalized spacial score (nSPS) is 20.1. The summed E-state index contributed by atoms with van der Waals surface area (Å²) in [7, 11) is 3.12. The first-order valence-corrected chi connectivity index (χ1v) is 13.0. The highest BCUT2D eigenvalue weighted by Gasteiger charge is 2.41. The zero-order valence-corrected chi connectivity index (χ0v) is 21.9. The van der Waals surface area contributed by atoms with Crippen LogP contribution in [0.2, 0.25) is 5.02 Å². The van der Waals surface area contributed by atoms with Gasteiger partial charge in [0.25, 0.3) is 5.91 Å². The molecule has 4 rings (SSSR count). The molecule has 7 nitrogen and oxygen atoms in total. The molecule has 0 radical (unpaired) electrons. The van der Waals surface area contributed by atoms with Crippen molar-refractivity contribution in [3.63, 3.8) is 0 Å². The highest BCUT2D eigenvalue weighted by molar-refractivity contribution is 6.30. The second kappa shape index (κ2) is 11.9. The molecule has 0 aromatic heterocycles. The third-order valence-electron chi connectivity index (χ3n) is 7.17. The van der Waals surface area contributed by atoms with Crippen molar-refractivity contribution in [1.29, 1.82) is 0 Å². The first-order valence-electron chi connectivity index (χ1n) is 12.6. The summed E-state index contributed by atoms with van der Waals surface area (Å²) in [4.78, 5) is 30.7. The fourth-order valence-corrected chi connectivity index (χ4v) is 5.32. The molecule has 2 aromatic rings. The summed E-state index contributed by atoms with van der Waals surface area (Å²) in [5, 5.41) is 0.640. The van der Waals surface area contributed by atoms with Crippen molar-refractivity contribution in [3.8, 4) is 17.2 Å². The minimum Gasteiger partial charge on any atom is -0.493 e. The summed E-state index contributed by atoms with van der Waals surface area (Å²) in [5.41, 5.74) is 0.0583. The number of carbonyl (C=O) groups is 2. The number of nitrogens with zero attached hydrogens (tertiary/aromatic N) is 2. The first kappa shape index (κ1) is 26.1. The Morgan fingerprint density at radius 2 is 1.58 bits per heavy atom. The summed E-state index contributed by atoms with van der Waals surface area (Å²) < 4.78 is 16.9. The van der Waals surface area contributed by atoms with Crippen LogP contribution in [-0.2, 0) is 4.79 Å². The van der Waals surface area contributed by atoms with Gasteiger partial charge in [0.15, 0.2) is 11.5 Å². The lowest BCUT2D eigenvalue weighted by Gasteiger charge is -2.43. The van der Waals surface area contributed by atoms with E-state index in [4.69, 9.17) is 25.8 Å². The van der Waals surface area contributed by atoms with Gasteiger partial charge in [0, 0.05) is 48.6 Å². The lowest BCUT2D eigenvalue weighted by Crippen LogP contribution is -2.51. The number of ether oxygens (including phenoxy) is 3.